The fourth-order valence-corrected chi connectivity index (χ4v) is 1.81. The summed E-state index contributed by atoms with van der Waals surface area (Å²) in [6.07, 6.45) is 2.37. The first-order chi connectivity index (χ1) is 8.22. The van der Waals surface area contributed by atoms with Gasteiger partial charge in [-0.25, -0.2) is 0 Å². The van der Waals surface area contributed by atoms with Crippen molar-refractivity contribution in [1.29, 1.82) is 5.26 Å². The maximum atomic E-state index is 12.2. The minimum Gasteiger partial charge on any atom is -0.508 e. The molecule has 17 heavy (non-hydrogen) atoms. The number of rotatable bonds is 4. The molecule has 0 aromatic heterocycles. The number of amides is 1. The van der Waals surface area contributed by atoms with Gasteiger partial charge in [-0.3, -0.25) is 4.79 Å². The Morgan fingerprint density at radius 3 is 2.88 bits per heavy atom. The normalized spacial score (nSPS) is 14.1. The molecule has 4 nitrogen and oxygen atoms in total. The Hall–Kier alpha value is -2.02. The summed E-state index contributed by atoms with van der Waals surface area (Å²) in [7, 11) is 0. The van der Waals surface area contributed by atoms with Gasteiger partial charge < -0.3 is 10.0 Å². The van der Waals surface area contributed by atoms with Crippen LogP contribution in [0.15, 0.2) is 24.3 Å². The lowest BCUT2D eigenvalue weighted by Crippen LogP contribution is -2.33. The Bertz CT molecular complexity index is 461. The second kappa shape index (κ2) is 4.88. The van der Waals surface area contributed by atoms with Crippen molar-refractivity contribution in [1.82, 2.24) is 4.90 Å². The minimum atomic E-state index is -0.0985. The first-order valence-corrected chi connectivity index (χ1v) is 5.69. The second-order valence-electron chi connectivity index (χ2n) is 4.19. The average molecular weight is 230 g/mol. The summed E-state index contributed by atoms with van der Waals surface area (Å²) in [4.78, 5) is 13.9. The van der Waals surface area contributed by atoms with Gasteiger partial charge in [0, 0.05) is 18.2 Å². The van der Waals surface area contributed by atoms with Crippen LogP contribution in [0.5, 0.6) is 5.75 Å². The molecule has 1 aliphatic carbocycles. The summed E-state index contributed by atoms with van der Waals surface area (Å²) in [6.45, 7) is 0.468. The molecule has 0 heterocycles. The Morgan fingerprint density at radius 2 is 2.29 bits per heavy atom. The lowest BCUT2D eigenvalue weighted by Gasteiger charge is -2.21. The molecule has 1 N–H and O–H groups in total. The van der Waals surface area contributed by atoms with Crippen LogP contribution in [0.4, 0.5) is 0 Å². The van der Waals surface area contributed by atoms with Crippen LogP contribution in [0.1, 0.15) is 29.6 Å². The third-order valence-corrected chi connectivity index (χ3v) is 2.81. The van der Waals surface area contributed by atoms with Crippen LogP contribution in [-0.2, 0) is 0 Å². The molecule has 0 unspecified atom stereocenters. The van der Waals surface area contributed by atoms with E-state index in [1.807, 2.05) is 0 Å². The Morgan fingerprint density at radius 1 is 1.53 bits per heavy atom. The van der Waals surface area contributed by atoms with E-state index in [1.165, 1.54) is 12.1 Å². The number of phenols is 1. The zero-order valence-electron chi connectivity index (χ0n) is 9.47. The maximum absolute atomic E-state index is 12.2. The van der Waals surface area contributed by atoms with E-state index in [-0.39, 0.29) is 17.7 Å². The highest BCUT2D eigenvalue weighted by atomic mass is 16.3. The zero-order valence-corrected chi connectivity index (χ0v) is 9.47. The minimum absolute atomic E-state index is 0.0897. The van der Waals surface area contributed by atoms with Crippen molar-refractivity contribution in [3.05, 3.63) is 29.8 Å². The number of carbonyl (C=O) groups is 1. The zero-order chi connectivity index (χ0) is 12.3. The topological polar surface area (TPSA) is 64.3 Å². The summed E-state index contributed by atoms with van der Waals surface area (Å²) >= 11 is 0. The first kappa shape index (κ1) is 11.5. The highest BCUT2D eigenvalue weighted by Crippen LogP contribution is 2.28. The van der Waals surface area contributed by atoms with Crippen molar-refractivity contribution >= 4 is 5.91 Å². The number of nitriles is 1. The number of phenolic OH excluding ortho intramolecular Hbond substituents is 1. The van der Waals surface area contributed by atoms with Crippen molar-refractivity contribution in [2.24, 2.45) is 0 Å². The summed E-state index contributed by atoms with van der Waals surface area (Å²) in [5.41, 5.74) is 0.481. The fraction of sp³-hybridized carbons (Fsp3) is 0.385. The molecule has 1 amide bonds. The predicted molar refractivity (Wildman–Crippen MR) is 62.4 cm³/mol. The number of aromatic hydroxyl groups is 1. The molecule has 1 fully saturated rings. The second-order valence-corrected chi connectivity index (χ2v) is 4.19. The molecule has 1 aromatic rings. The van der Waals surface area contributed by atoms with Gasteiger partial charge in [-0.1, -0.05) is 6.07 Å². The molecule has 1 aromatic carbocycles. The van der Waals surface area contributed by atoms with Gasteiger partial charge in [0.1, 0.15) is 5.75 Å². The van der Waals surface area contributed by atoms with E-state index in [0.29, 0.717) is 18.5 Å². The number of hydrogen-bond acceptors (Lipinski definition) is 3. The van der Waals surface area contributed by atoms with Crippen molar-refractivity contribution in [2.45, 2.75) is 25.3 Å². The SMILES string of the molecule is N#CCCN(C(=O)c1cccc(O)c1)C1CC1. The van der Waals surface area contributed by atoms with E-state index in [0.717, 1.165) is 12.8 Å². The monoisotopic (exact) mass is 230 g/mol. The number of hydrogen-bond donors (Lipinski definition) is 1. The van der Waals surface area contributed by atoms with E-state index in [2.05, 4.69) is 6.07 Å². The van der Waals surface area contributed by atoms with E-state index in [4.69, 9.17) is 5.26 Å². The van der Waals surface area contributed by atoms with Gasteiger partial charge in [0.05, 0.1) is 12.5 Å². The Balaban J connectivity index is 2.13. The summed E-state index contributed by atoms with van der Waals surface area (Å²) in [5.74, 6) is -0.00877. The van der Waals surface area contributed by atoms with Crippen LogP contribution in [-0.4, -0.2) is 28.5 Å². The third kappa shape index (κ3) is 2.76. The standard InChI is InChI=1S/C13H14N2O2/c14-7-2-8-15(11-5-6-11)13(17)10-3-1-4-12(16)9-10/h1,3-4,9,11,16H,2,5-6,8H2. The van der Waals surface area contributed by atoms with Crippen LogP contribution in [0.3, 0.4) is 0 Å². The summed E-state index contributed by atoms with van der Waals surface area (Å²) in [5, 5.41) is 17.9. The van der Waals surface area contributed by atoms with Gasteiger partial charge in [0.2, 0.25) is 0 Å². The predicted octanol–water partition coefficient (Wildman–Crippen LogP) is 1.91. The quantitative estimate of drug-likeness (QED) is 0.859. The van der Waals surface area contributed by atoms with Crippen molar-refractivity contribution in [3.63, 3.8) is 0 Å². The Labute approximate surface area is 100 Å². The molecule has 1 aliphatic rings. The molecule has 0 bridgehead atoms. The molecule has 0 atom stereocenters. The lowest BCUT2D eigenvalue weighted by molar-refractivity contribution is 0.0746. The molecule has 1 saturated carbocycles. The molecular formula is C13H14N2O2. The van der Waals surface area contributed by atoms with E-state index < -0.39 is 0 Å². The molecule has 4 heteroatoms. The fourth-order valence-electron chi connectivity index (χ4n) is 1.81. The van der Waals surface area contributed by atoms with Crippen LogP contribution in [0.2, 0.25) is 0 Å². The molecule has 2 rings (SSSR count). The smallest absolute Gasteiger partial charge is 0.254 e. The number of nitrogens with zero attached hydrogens (tertiary/aromatic N) is 2. The highest BCUT2D eigenvalue weighted by Gasteiger charge is 2.32. The molecule has 0 saturated heterocycles. The number of carbonyl (C=O) groups excluding carboxylic acids is 1. The van der Waals surface area contributed by atoms with Crippen LogP contribution >= 0.6 is 0 Å². The van der Waals surface area contributed by atoms with Gasteiger partial charge in [-0.2, -0.15) is 5.26 Å². The largest absolute Gasteiger partial charge is 0.508 e. The molecule has 0 spiro atoms. The molecule has 0 radical (unpaired) electrons. The average Bonchev–Trinajstić information content (AvgIpc) is 3.14. The molecule has 88 valence electrons. The first-order valence-electron chi connectivity index (χ1n) is 5.69. The Kier molecular flexibility index (Phi) is 3.29. The number of benzene rings is 1. The summed E-state index contributed by atoms with van der Waals surface area (Å²) < 4.78 is 0. The van der Waals surface area contributed by atoms with Crippen LogP contribution < -0.4 is 0 Å². The van der Waals surface area contributed by atoms with Crippen LogP contribution in [0, 0.1) is 11.3 Å². The lowest BCUT2D eigenvalue weighted by atomic mass is 10.2. The molecule has 0 aliphatic heterocycles. The van der Waals surface area contributed by atoms with E-state index in [1.54, 1.807) is 17.0 Å². The summed E-state index contributed by atoms with van der Waals surface area (Å²) in [6, 6.07) is 8.66. The maximum Gasteiger partial charge on any atom is 0.254 e. The van der Waals surface area contributed by atoms with Gasteiger partial charge in [-0.05, 0) is 31.0 Å². The van der Waals surface area contributed by atoms with Gasteiger partial charge in [0.25, 0.3) is 5.91 Å². The van der Waals surface area contributed by atoms with Gasteiger partial charge in [0.15, 0.2) is 0 Å². The van der Waals surface area contributed by atoms with Crippen molar-refractivity contribution in [2.75, 3.05) is 6.54 Å². The molecular weight excluding hydrogens is 216 g/mol. The van der Waals surface area contributed by atoms with E-state index in [9.17, 15) is 9.90 Å². The third-order valence-electron chi connectivity index (χ3n) is 2.81. The van der Waals surface area contributed by atoms with Crippen molar-refractivity contribution < 1.29 is 9.90 Å². The van der Waals surface area contributed by atoms with E-state index >= 15 is 0 Å². The highest BCUT2D eigenvalue weighted by molar-refractivity contribution is 5.95. The van der Waals surface area contributed by atoms with Crippen molar-refractivity contribution in [3.8, 4) is 11.8 Å². The van der Waals surface area contributed by atoms with Crippen LogP contribution in [0.25, 0.3) is 0 Å². The van der Waals surface area contributed by atoms with Gasteiger partial charge >= 0.3 is 0 Å². The van der Waals surface area contributed by atoms with Gasteiger partial charge in [-0.15, -0.1) is 0 Å².